The van der Waals surface area contributed by atoms with Gasteiger partial charge in [0.15, 0.2) is 0 Å². The molecule has 1 aliphatic heterocycles. The number of fused-ring (bicyclic) bond motifs is 1. The lowest BCUT2D eigenvalue weighted by Crippen LogP contribution is -2.30. The standard InChI is InChI=1S/C17H18ClNO2/c1-10-7-16(21-2)14(9-15(10)18)17-13-4-3-12(20)8-11(13)5-6-19-17/h3-4,7-9,17,19-20H,5-6H2,1-2H3. The normalized spacial score (nSPS) is 17.4. The molecule has 4 heteroatoms. The minimum Gasteiger partial charge on any atom is -0.508 e. The van der Waals surface area contributed by atoms with Crippen molar-refractivity contribution in [2.24, 2.45) is 0 Å². The molecule has 0 saturated carbocycles. The number of phenolic OH excluding ortho intramolecular Hbond substituents is 1. The monoisotopic (exact) mass is 303 g/mol. The first kappa shape index (κ1) is 14.2. The highest BCUT2D eigenvalue weighted by atomic mass is 35.5. The zero-order valence-corrected chi connectivity index (χ0v) is 12.9. The Kier molecular flexibility index (Phi) is 3.79. The van der Waals surface area contributed by atoms with E-state index >= 15 is 0 Å². The number of methoxy groups -OCH3 is 1. The fourth-order valence-electron chi connectivity index (χ4n) is 2.90. The van der Waals surface area contributed by atoms with Crippen molar-refractivity contribution in [2.45, 2.75) is 19.4 Å². The second kappa shape index (κ2) is 5.58. The van der Waals surface area contributed by atoms with Crippen LogP contribution in [0.15, 0.2) is 30.3 Å². The molecule has 2 N–H and O–H groups in total. The maximum atomic E-state index is 9.66. The molecule has 0 amide bonds. The molecule has 0 bridgehead atoms. The average molecular weight is 304 g/mol. The number of benzene rings is 2. The number of nitrogens with one attached hydrogen (secondary N) is 1. The lowest BCUT2D eigenvalue weighted by Gasteiger charge is -2.29. The van der Waals surface area contributed by atoms with Gasteiger partial charge in [-0.3, -0.25) is 0 Å². The zero-order valence-electron chi connectivity index (χ0n) is 12.1. The summed E-state index contributed by atoms with van der Waals surface area (Å²) in [6.07, 6.45) is 0.905. The van der Waals surface area contributed by atoms with Crippen LogP contribution in [0.5, 0.6) is 11.5 Å². The van der Waals surface area contributed by atoms with Gasteiger partial charge in [-0.05, 0) is 54.3 Å². The van der Waals surface area contributed by atoms with Crippen LogP contribution in [0.3, 0.4) is 0 Å². The minimum atomic E-state index is 0.0300. The minimum absolute atomic E-state index is 0.0300. The van der Waals surface area contributed by atoms with E-state index in [2.05, 4.69) is 5.32 Å². The molecule has 1 heterocycles. The van der Waals surface area contributed by atoms with Gasteiger partial charge in [0.25, 0.3) is 0 Å². The fourth-order valence-corrected chi connectivity index (χ4v) is 3.07. The van der Waals surface area contributed by atoms with Gasteiger partial charge in [0.05, 0.1) is 13.2 Å². The molecule has 3 rings (SSSR count). The largest absolute Gasteiger partial charge is 0.508 e. The highest BCUT2D eigenvalue weighted by molar-refractivity contribution is 6.31. The van der Waals surface area contributed by atoms with E-state index in [4.69, 9.17) is 16.3 Å². The smallest absolute Gasteiger partial charge is 0.124 e. The SMILES string of the molecule is COc1cc(C)c(Cl)cc1C1NCCc2cc(O)ccc21. The molecule has 2 aromatic carbocycles. The lowest BCUT2D eigenvalue weighted by atomic mass is 9.89. The van der Waals surface area contributed by atoms with E-state index in [-0.39, 0.29) is 6.04 Å². The Morgan fingerprint density at radius 2 is 2.05 bits per heavy atom. The van der Waals surface area contributed by atoms with Crippen LogP contribution in [0.1, 0.15) is 28.3 Å². The van der Waals surface area contributed by atoms with Crippen molar-refractivity contribution in [3.63, 3.8) is 0 Å². The number of aryl methyl sites for hydroxylation is 1. The predicted molar refractivity (Wildman–Crippen MR) is 84.4 cm³/mol. The summed E-state index contributed by atoms with van der Waals surface area (Å²) in [6.45, 7) is 2.82. The first-order valence-electron chi connectivity index (χ1n) is 6.99. The molecule has 1 atom stereocenters. The number of rotatable bonds is 2. The third-order valence-electron chi connectivity index (χ3n) is 4.00. The van der Waals surface area contributed by atoms with Crippen LogP contribution in [0, 0.1) is 6.92 Å². The van der Waals surface area contributed by atoms with Gasteiger partial charge < -0.3 is 15.2 Å². The molecule has 0 fully saturated rings. The number of hydrogen-bond acceptors (Lipinski definition) is 3. The van der Waals surface area contributed by atoms with E-state index < -0.39 is 0 Å². The molecule has 0 aliphatic carbocycles. The Labute approximate surface area is 129 Å². The second-order valence-corrected chi connectivity index (χ2v) is 5.77. The summed E-state index contributed by atoms with van der Waals surface area (Å²) < 4.78 is 5.53. The maximum Gasteiger partial charge on any atom is 0.124 e. The van der Waals surface area contributed by atoms with Crippen LogP contribution in [-0.2, 0) is 6.42 Å². The molecule has 21 heavy (non-hydrogen) atoms. The molecule has 2 aromatic rings. The van der Waals surface area contributed by atoms with Gasteiger partial charge in [-0.1, -0.05) is 17.7 Å². The van der Waals surface area contributed by atoms with Gasteiger partial charge in [0, 0.05) is 17.1 Å². The molecule has 110 valence electrons. The van der Waals surface area contributed by atoms with Gasteiger partial charge in [-0.25, -0.2) is 0 Å². The average Bonchev–Trinajstić information content (AvgIpc) is 2.48. The van der Waals surface area contributed by atoms with E-state index in [1.54, 1.807) is 13.2 Å². The van der Waals surface area contributed by atoms with Gasteiger partial charge in [-0.2, -0.15) is 0 Å². The Hall–Kier alpha value is -1.71. The molecule has 0 spiro atoms. The van der Waals surface area contributed by atoms with Crippen molar-refractivity contribution in [2.75, 3.05) is 13.7 Å². The van der Waals surface area contributed by atoms with Gasteiger partial charge in [0.2, 0.25) is 0 Å². The van der Waals surface area contributed by atoms with Crippen LogP contribution in [0.2, 0.25) is 5.02 Å². The van der Waals surface area contributed by atoms with E-state index in [1.807, 2.05) is 31.2 Å². The van der Waals surface area contributed by atoms with Gasteiger partial charge >= 0.3 is 0 Å². The van der Waals surface area contributed by atoms with Gasteiger partial charge in [-0.15, -0.1) is 0 Å². The summed E-state index contributed by atoms with van der Waals surface area (Å²) in [5.74, 6) is 1.14. The molecule has 3 nitrogen and oxygen atoms in total. The first-order valence-corrected chi connectivity index (χ1v) is 7.37. The summed E-state index contributed by atoms with van der Waals surface area (Å²) in [4.78, 5) is 0. The highest BCUT2D eigenvalue weighted by Crippen LogP contribution is 2.37. The van der Waals surface area contributed by atoms with Crippen LogP contribution >= 0.6 is 11.6 Å². The fraction of sp³-hybridized carbons (Fsp3) is 0.294. The van der Waals surface area contributed by atoms with Gasteiger partial charge in [0.1, 0.15) is 11.5 Å². The Morgan fingerprint density at radius 3 is 2.81 bits per heavy atom. The van der Waals surface area contributed by atoms with Crippen molar-refractivity contribution in [3.05, 3.63) is 57.6 Å². The van der Waals surface area contributed by atoms with Crippen molar-refractivity contribution in [3.8, 4) is 11.5 Å². The van der Waals surface area contributed by atoms with Crippen molar-refractivity contribution in [1.29, 1.82) is 0 Å². The highest BCUT2D eigenvalue weighted by Gasteiger charge is 2.25. The van der Waals surface area contributed by atoms with E-state index in [0.717, 1.165) is 46.0 Å². The number of hydrogen-bond donors (Lipinski definition) is 2. The quantitative estimate of drug-likeness (QED) is 0.891. The molecule has 0 radical (unpaired) electrons. The summed E-state index contributed by atoms with van der Waals surface area (Å²) in [7, 11) is 1.67. The first-order chi connectivity index (χ1) is 10.1. The molecule has 0 aromatic heterocycles. The lowest BCUT2D eigenvalue weighted by molar-refractivity contribution is 0.402. The van der Waals surface area contributed by atoms with Crippen LogP contribution < -0.4 is 10.1 Å². The molecule has 1 aliphatic rings. The third kappa shape index (κ3) is 2.59. The Balaban J connectivity index is 2.12. The van der Waals surface area contributed by atoms with E-state index in [0.29, 0.717) is 5.75 Å². The summed E-state index contributed by atoms with van der Waals surface area (Å²) >= 11 is 6.29. The Morgan fingerprint density at radius 1 is 1.24 bits per heavy atom. The zero-order chi connectivity index (χ0) is 15.0. The topological polar surface area (TPSA) is 41.5 Å². The van der Waals surface area contributed by atoms with Crippen LogP contribution in [0.4, 0.5) is 0 Å². The van der Waals surface area contributed by atoms with Crippen LogP contribution in [-0.4, -0.2) is 18.8 Å². The maximum absolute atomic E-state index is 9.66. The molecule has 1 unspecified atom stereocenters. The number of ether oxygens (including phenoxy) is 1. The number of phenols is 1. The second-order valence-electron chi connectivity index (χ2n) is 5.36. The van der Waals surface area contributed by atoms with E-state index in [9.17, 15) is 5.11 Å². The Bertz CT molecular complexity index is 685. The number of aromatic hydroxyl groups is 1. The van der Waals surface area contributed by atoms with Crippen LogP contribution in [0.25, 0.3) is 0 Å². The third-order valence-corrected chi connectivity index (χ3v) is 4.41. The molecular formula is C17H18ClNO2. The summed E-state index contributed by atoms with van der Waals surface area (Å²) in [5, 5.41) is 13.9. The van der Waals surface area contributed by atoms with Crippen molar-refractivity contribution < 1.29 is 9.84 Å². The number of halogens is 1. The van der Waals surface area contributed by atoms with E-state index in [1.165, 1.54) is 0 Å². The molecule has 0 saturated heterocycles. The summed E-state index contributed by atoms with van der Waals surface area (Å²) in [5.41, 5.74) is 4.36. The van der Waals surface area contributed by atoms with Crippen molar-refractivity contribution >= 4 is 11.6 Å². The molecular weight excluding hydrogens is 286 g/mol. The predicted octanol–water partition coefficient (Wildman–Crippen LogP) is 3.60. The summed E-state index contributed by atoms with van der Waals surface area (Å²) in [6, 6.07) is 9.49. The van der Waals surface area contributed by atoms with Crippen molar-refractivity contribution in [1.82, 2.24) is 5.32 Å².